The van der Waals surface area contributed by atoms with Crippen molar-refractivity contribution in [3.8, 4) is 0 Å². The lowest BCUT2D eigenvalue weighted by Crippen LogP contribution is -2.44. The Balaban J connectivity index is 1.49. The van der Waals surface area contributed by atoms with Gasteiger partial charge in [0.2, 0.25) is 0 Å². The van der Waals surface area contributed by atoms with Crippen LogP contribution in [0.4, 0.5) is 20.7 Å². The Morgan fingerprint density at radius 2 is 2.03 bits per heavy atom. The Bertz CT molecular complexity index is 1040. The lowest BCUT2D eigenvalue weighted by molar-refractivity contribution is -0.0432. The summed E-state index contributed by atoms with van der Waals surface area (Å²) in [5.41, 5.74) is 2.01. The Morgan fingerprint density at radius 1 is 1.27 bits per heavy atom. The van der Waals surface area contributed by atoms with Gasteiger partial charge < -0.3 is 19.7 Å². The number of halogens is 1. The summed E-state index contributed by atoms with van der Waals surface area (Å²) in [7, 11) is 0. The van der Waals surface area contributed by atoms with Gasteiger partial charge in [-0.25, -0.2) is 9.18 Å². The van der Waals surface area contributed by atoms with Gasteiger partial charge in [-0.05, 0) is 62.7 Å². The molecule has 1 aliphatic heterocycles. The summed E-state index contributed by atoms with van der Waals surface area (Å²) in [6.07, 6.45) is -0.573. The third-order valence-corrected chi connectivity index (χ3v) is 4.78. The Morgan fingerprint density at radius 3 is 2.77 bits per heavy atom. The van der Waals surface area contributed by atoms with Gasteiger partial charge in [0.05, 0.1) is 18.7 Å². The van der Waals surface area contributed by atoms with E-state index < -0.39 is 5.60 Å². The van der Waals surface area contributed by atoms with E-state index >= 15 is 0 Å². The van der Waals surface area contributed by atoms with Gasteiger partial charge in [-0.1, -0.05) is 6.07 Å². The number of morpholine rings is 1. The summed E-state index contributed by atoms with van der Waals surface area (Å²) in [4.78, 5) is 14.1. The van der Waals surface area contributed by atoms with Gasteiger partial charge in [-0.3, -0.25) is 5.10 Å². The zero-order chi connectivity index (χ0) is 21.3. The summed E-state index contributed by atoms with van der Waals surface area (Å²) >= 11 is 0. The fourth-order valence-electron chi connectivity index (χ4n) is 3.35. The van der Waals surface area contributed by atoms with E-state index in [2.05, 4.69) is 15.5 Å². The molecule has 4 rings (SSSR count). The average molecular weight is 412 g/mol. The molecule has 0 radical (unpaired) electrons. The lowest BCUT2D eigenvalue weighted by Gasteiger charge is -2.34. The first-order chi connectivity index (χ1) is 14.3. The van der Waals surface area contributed by atoms with Gasteiger partial charge in [-0.2, -0.15) is 5.10 Å². The number of aromatic nitrogens is 2. The van der Waals surface area contributed by atoms with Crippen LogP contribution in [-0.4, -0.2) is 46.5 Å². The zero-order valence-corrected chi connectivity index (χ0v) is 17.2. The van der Waals surface area contributed by atoms with Crippen molar-refractivity contribution >= 4 is 28.5 Å². The minimum absolute atomic E-state index is 0.243. The van der Waals surface area contributed by atoms with Crippen LogP contribution in [0.25, 0.3) is 10.9 Å². The van der Waals surface area contributed by atoms with Crippen LogP contribution in [-0.2, 0) is 9.47 Å². The highest BCUT2D eigenvalue weighted by Crippen LogP contribution is 2.29. The number of carbonyl (C=O) groups is 1. The first-order valence-electron chi connectivity index (χ1n) is 9.89. The lowest BCUT2D eigenvalue weighted by atomic mass is 10.1. The normalized spacial score (nSPS) is 17.2. The Kier molecular flexibility index (Phi) is 5.34. The highest BCUT2D eigenvalue weighted by atomic mass is 19.1. The van der Waals surface area contributed by atoms with Crippen molar-refractivity contribution in [3.63, 3.8) is 0 Å². The maximum absolute atomic E-state index is 13.1. The first kappa shape index (κ1) is 20.2. The molecule has 1 saturated heterocycles. The molecule has 2 heterocycles. The number of hydrogen-bond acceptors (Lipinski definition) is 5. The molecule has 7 nitrogen and oxygen atoms in total. The van der Waals surface area contributed by atoms with Crippen molar-refractivity contribution in [2.45, 2.75) is 32.5 Å². The van der Waals surface area contributed by atoms with Gasteiger partial charge in [-0.15, -0.1) is 0 Å². The molecule has 1 atom stereocenters. The van der Waals surface area contributed by atoms with Crippen molar-refractivity contribution in [2.24, 2.45) is 0 Å². The monoisotopic (exact) mass is 412 g/mol. The minimum atomic E-state index is -0.534. The Hall–Kier alpha value is -3.13. The van der Waals surface area contributed by atoms with Crippen LogP contribution in [0.3, 0.4) is 0 Å². The molecule has 2 aromatic carbocycles. The number of aromatic amines is 1. The van der Waals surface area contributed by atoms with Gasteiger partial charge >= 0.3 is 6.09 Å². The number of fused-ring (bicyclic) bond motifs is 1. The van der Waals surface area contributed by atoms with Crippen LogP contribution in [0.1, 0.15) is 32.4 Å². The molecule has 3 aromatic rings. The SMILES string of the molecule is CC(C)(C)OC(=O)N1CCOC(c2ccc3c(Nc4ccc(F)cc4)n[nH]c3c2)C1. The summed E-state index contributed by atoms with van der Waals surface area (Å²) in [6, 6.07) is 12.0. The quantitative estimate of drug-likeness (QED) is 0.649. The van der Waals surface area contributed by atoms with Crippen LogP contribution >= 0.6 is 0 Å². The molecular weight excluding hydrogens is 387 g/mol. The van der Waals surface area contributed by atoms with E-state index in [1.54, 1.807) is 17.0 Å². The second kappa shape index (κ2) is 7.95. The fraction of sp³-hybridized carbons (Fsp3) is 0.364. The minimum Gasteiger partial charge on any atom is -0.444 e. The molecule has 30 heavy (non-hydrogen) atoms. The molecule has 1 unspecified atom stereocenters. The molecule has 1 aromatic heterocycles. The first-order valence-corrected chi connectivity index (χ1v) is 9.89. The third-order valence-electron chi connectivity index (χ3n) is 4.78. The van der Waals surface area contributed by atoms with Crippen molar-refractivity contribution in [2.75, 3.05) is 25.0 Å². The highest BCUT2D eigenvalue weighted by molar-refractivity contribution is 5.91. The van der Waals surface area contributed by atoms with Gasteiger partial charge in [0.1, 0.15) is 17.5 Å². The largest absolute Gasteiger partial charge is 0.444 e. The number of amides is 1. The molecular formula is C22H25FN4O3. The van der Waals surface area contributed by atoms with Crippen LogP contribution in [0.15, 0.2) is 42.5 Å². The molecule has 0 saturated carbocycles. The predicted molar refractivity (Wildman–Crippen MR) is 112 cm³/mol. The van der Waals surface area contributed by atoms with Crippen molar-refractivity contribution < 1.29 is 18.7 Å². The molecule has 2 N–H and O–H groups in total. The van der Waals surface area contributed by atoms with Crippen LogP contribution < -0.4 is 5.32 Å². The predicted octanol–water partition coefficient (Wildman–Crippen LogP) is 4.75. The number of nitrogens with zero attached hydrogens (tertiary/aromatic N) is 2. The van der Waals surface area contributed by atoms with E-state index in [4.69, 9.17) is 9.47 Å². The van der Waals surface area contributed by atoms with Crippen LogP contribution in [0, 0.1) is 5.82 Å². The van der Waals surface area contributed by atoms with Gasteiger partial charge in [0, 0.05) is 17.6 Å². The van der Waals surface area contributed by atoms with Gasteiger partial charge in [0.15, 0.2) is 5.82 Å². The van der Waals surface area contributed by atoms with E-state index in [1.165, 1.54) is 12.1 Å². The van der Waals surface area contributed by atoms with E-state index in [1.807, 2.05) is 39.0 Å². The van der Waals surface area contributed by atoms with E-state index in [-0.39, 0.29) is 18.0 Å². The van der Waals surface area contributed by atoms with Crippen LogP contribution in [0.5, 0.6) is 0 Å². The molecule has 1 amide bonds. The summed E-state index contributed by atoms with van der Waals surface area (Å²) in [5, 5.41) is 11.4. The smallest absolute Gasteiger partial charge is 0.410 e. The molecule has 158 valence electrons. The number of nitrogens with one attached hydrogen (secondary N) is 2. The van der Waals surface area contributed by atoms with Gasteiger partial charge in [0.25, 0.3) is 0 Å². The molecule has 8 heteroatoms. The van der Waals surface area contributed by atoms with E-state index in [0.29, 0.717) is 25.5 Å². The summed E-state index contributed by atoms with van der Waals surface area (Å²) in [6.45, 7) is 6.94. The van der Waals surface area contributed by atoms with Crippen molar-refractivity contribution in [1.29, 1.82) is 0 Å². The Labute approximate surface area is 174 Å². The van der Waals surface area contributed by atoms with Crippen LogP contribution in [0.2, 0.25) is 0 Å². The molecule has 0 bridgehead atoms. The number of rotatable bonds is 3. The number of benzene rings is 2. The maximum Gasteiger partial charge on any atom is 0.410 e. The number of hydrogen-bond donors (Lipinski definition) is 2. The van der Waals surface area contributed by atoms with Crippen molar-refractivity contribution in [1.82, 2.24) is 15.1 Å². The summed E-state index contributed by atoms with van der Waals surface area (Å²) < 4.78 is 24.5. The summed E-state index contributed by atoms with van der Waals surface area (Å²) in [5.74, 6) is 0.369. The zero-order valence-electron chi connectivity index (χ0n) is 17.2. The third kappa shape index (κ3) is 4.54. The van der Waals surface area contributed by atoms with E-state index in [9.17, 15) is 9.18 Å². The number of anilines is 2. The number of H-pyrrole nitrogens is 1. The number of ether oxygens (including phenoxy) is 2. The molecule has 1 fully saturated rings. The van der Waals surface area contributed by atoms with Crippen molar-refractivity contribution in [3.05, 3.63) is 53.8 Å². The molecule has 1 aliphatic rings. The second-order valence-corrected chi connectivity index (χ2v) is 8.29. The fourth-order valence-corrected chi connectivity index (χ4v) is 3.35. The standard InChI is InChI=1S/C22H25FN4O3/c1-22(2,3)30-21(28)27-10-11-29-19(13-27)14-4-9-17-18(12-14)25-26-20(17)24-16-7-5-15(23)6-8-16/h4-9,12,19H,10-11,13H2,1-3H3,(H2,24,25,26). The highest BCUT2D eigenvalue weighted by Gasteiger charge is 2.29. The number of carbonyl (C=O) groups excluding carboxylic acids is 1. The topological polar surface area (TPSA) is 79.5 Å². The average Bonchev–Trinajstić information content (AvgIpc) is 3.10. The molecule has 0 spiro atoms. The molecule has 0 aliphatic carbocycles. The van der Waals surface area contributed by atoms with E-state index in [0.717, 1.165) is 22.2 Å². The second-order valence-electron chi connectivity index (χ2n) is 8.29. The maximum atomic E-state index is 13.1.